The number of nitro benzene ring substituents is 1. The zero-order valence-electron chi connectivity index (χ0n) is 15.8. The second-order valence-electron chi connectivity index (χ2n) is 6.62. The molecule has 0 aliphatic carbocycles. The molecule has 1 aromatic heterocycles. The van der Waals surface area contributed by atoms with Crippen molar-refractivity contribution in [2.45, 2.75) is 32.2 Å². The zero-order chi connectivity index (χ0) is 21.0. The van der Waals surface area contributed by atoms with Gasteiger partial charge in [-0.05, 0) is 30.2 Å². The van der Waals surface area contributed by atoms with Crippen molar-refractivity contribution in [3.63, 3.8) is 0 Å². The van der Waals surface area contributed by atoms with Crippen molar-refractivity contribution < 1.29 is 14.8 Å². The lowest BCUT2D eigenvalue weighted by atomic mass is 9.95. The van der Waals surface area contributed by atoms with Gasteiger partial charge in [0.2, 0.25) is 5.91 Å². The molecular weight excluding hydrogens is 394 g/mol. The fraction of sp³-hybridized carbons (Fsp3) is 0.238. The maximum absolute atomic E-state index is 12.5. The Morgan fingerprint density at radius 3 is 2.72 bits per heavy atom. The first-order valence-electron chi connectivity index (χ1n) is 9.22. The van der Waals surface area contributed by atoms with Gasteiger partial charge in [-0.1, -0.05) is 43.1 Å². The third-order valence-corrected chi connectivity index (χ3v) is 5.00. The van der Waals surface area contributed by atoms with E-state index in [-0.39, 0.29) is 33.8 Å². The number of hydrogen-bond acceptors (Lipinski definition) is 5. The molecule has 0 radical (unpaired) electrons. The Hall–Kier alpha value is -3.19. The maximum atomic E-state index is 12.5. The van der Waals surface area contributed by atoms with Crippen LogP contribution in [0.15, 0.2) is 48.7 Å². The molecule has 3 rings (SSSR count). The van der Waals surface area contributed by atoms with Crippen molar-refractivity contribution in [1.29, 1.82) is 0 Å². The number of fused-ring (bicyclic) bond motifs is 1. The van der Waals surface area contributed by atoms with E-state index in [1.165, 1.54) is 18.3 Å². The molecule has 0 spiro atoms. The number of non-ortho nitro benzene ring substituents is 1. The number of aromatic hydroxyl groups is 1. The average molecular weight is 414 g/mol. The molecule has 0 saturated heterocycles. The van der Waals surface area contributed by atoms with Crippen LogP contribution >= 0.6 is 11.6 Å². The Balaban J connectivity index is 2.21. The molecule has 1 atom stereocenters. The number of carbonyl (C=O) groups is 1. The van der Waals surface area contributed by atoms with E-state index in [4.69, 9.17) is 11.6 Å². The predicted molar refractivity (Wildman–Crippen MR) is 111 cm³/mol. The molecule has 8 heteroatoms. The minimum atomic E-state index is -0.863. The van der Waals surface area contributed by atoms with Gasteiger partial charge < -0.3 is 10.4 Å². The van der Waals surface area contributed by atoms with Crippen LogP contribution in [-0.4, -0.2) is 20.9 Å². The van der Waals surface area contributed by atoms with Crippen LogP contribution in [0.25, 0.3) is 10.9 Å². The predicted octanol–water partition coefficient (Wildman–Crippen LogP) is 4.90. The Morgan fingerprint density at radius 2 is 2.03 bits per heavy atom. The van der Waals surface area contributed by atoms with Crippen LogP contribution in [0.4, 0.5) is 5.69 Å². The van der Waals surface area contributed by atoms with E-state index in [9.17, 15) is 20.0 Å². The average Bonchev–Trinajstić information content (AvgIpc) is 2.71. The van der Waals surface area contributed by atoms with Gasteiger partial charge >= 0.3 is 0 Å². The Morgan fingerprint density at radius 1 is 1.28 bits per heavy atom. The number of phenols is 1. The number of benzene rings is 2. The van der Waals surface area contributed by atoms with Crippen molar-refractivity contribution >= 4 is 34.1 Å². The van der Waals surface area contributed by atoms with E-state index < -0.39 is 11.0 Å². The number of rotatable bonds is 7. The van der Waals surface area contributed by atoms with E-state index in [0.29, 0.717) is 23.4 Å². The van der Waals surface area contributed by atoms with E-state index in [0.717, 1.165) is 6.42 Å². The highest BCUT2D eigenvalue weighted by atomic mass is 35.5. The van der Waals surface area contributed by atoms with Crippen molar-refractivity contribution in [1.82, 2.24) is 10.3 Å². The highest BCUT2D eigenvalue weighted by molar-refractivity contribution is 6.31. The number of hydrogen-bond donors (Lipinski definition) is 2. The number of nitrogens with one attached hydrogen (secondary N) is 1. The van der Waals surface area contributed by atoms with E-state index >= 15 is 0 Å². The van der Waals surface area contributed by atoms with Gasteiger partial charge in [0.25, 0.3) is 5.69 Å². The lowest BCUT2D eigenvalue weighted by Crippen LogP contribution is -2.29. The minimum absolute atomic E-state index is 0.0940. The topological polar surface area (TPSA) is 105 Å². The van der Waals surface area contributed by atoms with Gasteiger partial charge in [0.1, 0.15) is 11.3 Å². The summed E-state index contributed by atoms with van der Waals surface area (Å²) in [4.78, 5) is 27.7. The monoisotopic (exact) mass is 413 g/mol. The highest BCUT2D eigenvalue weighted by Crippen LogP contribution is 2.40. The number of pyridine rings is 1. The number of phenolic OH excluding ortho intramolecular Hbond substituents is 1. The molecule has 0 saturated carbocycles. The van der Waals surface area contributed by atoms with E-state index in [1.807, 2.05) is 6.92 Å². The van der Waals surface area contributed by atoms with Gasteiger partial charge in [0, 0.05) is 29.3 Å². The second kappa shape index (κ2) is 8.87. The van der Waals surface area contributed by atoms with Crippen molar-refractivity contribution in [2.24, 2.45) is 0 Å². The van der Waals surface area contributed by atoms with Gasteiger partial charge in [0.05, 0.1) is 16.4 Å². The largest absolute Gasteiger partial charge is 0.505 e. The molecule has 2 aromatic carbocycles. The Bertz CT molecular complexity index is 1070. The molecule has 0 aliphatic rings. The highest BCUT2D eigenvalue weighted by Gasteiger charge is 2.27. The van der Waals surface area contributed by atoms with Crippen LogP contribution in [0.5, 0.6) is 5.75 Å². The molecule has 150 valence electrons. The fourth-order valence-corrected chi connectivity index (χ4v) is 3.45. The smallest absolute Gasteiger partial charge is 0.279 e. The SMILES string of the molecule is CCCCC(=O)N[C@@H](c1ccccc1Cl)c1cc([N+](=O)[O-])c2cccnc2c1O. The van der Waals surface area contributed by atoms with Gasteiger partial charge in [-0.15, -0.1) is 0 Å². The molecular formula is C21H20ClN3O4. The van der Waals surface area contributed by atoms with Crippen LogP contribution in [0, 0.1) is 10.1 Å². The van der Waals surface area contributed by atoms with Crippen LogP contribution in [0.1, 0.15) is 43.4 Å². The van der Waals surface area contributed by atoms with Crippen molar-refractivity contribution in [3.05, 3.63) is 74.9 Å². The molecule has 0 unspecified atom stereocenters. The zero-order valence-corrected chi connectivity index (χ0v) is 16.5. The molecule has 3 aromatic rings. The molecule has 2 N–H and O–H groups in total. The molecule has 0 bridgehead atoms. The molecule has 1 heterocycles. The summed E-state index contributed by atoms with van der Waals surface area (Å²) in [7, 11) is 0. The fourth-order valence-electron chi connectivity index (χ4n) is 3.20. The van der Waals surface area contributed by atoms with Gasteiger partial charge in [-0.25, -0.2) is 0 Å². The van der Waals surface area contributed by atoms with Gasteiger partial charge in [0.15, 0.2) is 0 Å². The molecule has 0 aliphatic heterocycles. The standard InChI is InChI=1S/C21H20ClN3O4/c1-2-3-10-18(26)24-19(13-7-4-5-9-16(13)22)15-12-17(25(28)29)14-8-6-11-23-20(14)21(15)27/h4-9,11-12,19,27H,2-3,10H2,1H3,(H,24,26)/t19-/m0/s1. The quantitative estimate of drug-likeness (QED) is 0.423. The van der Waals surface area contributed by atoms with Gasteiger partial charge in [-0.3, -0.25) is 19.9 Å². The number of aromatic nitrogens is 1. The van der Waals surface area contributed by atoms with Crippen LogP contribution in [0.2, 0.25) is 5.02 Å². The van der Waals surface area contributed by atoms with Gasteiger partial charge in [-0.2, -0.15) is 0 Å². The second-order valence-corrected chi connectivity index (χ2v) is 7.02. The summed E-state index contributed by atoms with van der Waals surface area (Å²) >= 11 is 6.35. The minimum Gasteiger partial charge on any atom is -0.505 e. The summed E-state index contributed by atoms with van der Waals surface area (Å²) in [5.74, 6) is -0.466. The number of carbonyl (C=O) groups excluding carboxylic acids is 1. The number of nitrogens with zero attached hydrogens (tertiary/aromatic N) is 2. The first-order chi connectivity index (χ1) is 13.9. The number of unbranched alkanes of at least 4 members (excludes halogenated alkanes) is 1. The Labute approximate surface area is 172 Å². The van der Waals surface area contributed by atoms with E-state index in [2.05, 4.69) is 10.3 Å². The summed E-state index contributed by atoms with van der Waals surface area (Å²) in [5, 5.41) is 26.0. The van der Waals surface area contributed by atoms with Crippen LogP contribution < -0.4 is 5.32 Å². The number of halogens is 1. The lowest BCUT2D eigenvalue weighted by Gasteiger charge is -2.22. The lowest BCUT2D eigenvalue weighted by molar-refractivity contribution is -0.383. The molecule has 7 nitrogen and oxygen atoms in total. The first kappa shape index (κ1) is 20.5. The third-order valence-electron chi connectivity index (χ3n) is 4.66. The van der Waals surface area contributed by atoms with Crippen LogP contribution in [-0.2, 0) is 4.79 Å². The number of nitro groups is 1. The Kier molecular flexibility index (Phi) is 6.29. The van der Waals surface area contributed by atoms with Crippen LogP contribution in [0.3, 0.4) is 0 Å². The van der Waals surface area contributed by atoms with Crippen molar-refractivity contribution in [2.75, 3.05) is 0 Å². The van der Waals surface area contributed by atoms with Crippen molar-refractivity contribution in [3.8, 4) is 5.75 Å². The molecule has 1 amide bonds. The third kappa shape index (κ3) is 4.30. The summed E-state index contributed by atoms with van der Waals surface area (Å²) in [6, 6.07) is 10.4. The molecule has 29 heavy (non-hydrogen) atoms. The molecule has 0 fully saturated rings. The maximum Gasteiger partial charge on any atom is 0.279 e. The first-order valence-corrected chi connectivity index (χ1v) is 9.60. The van der Waals surface area contributed by atoms with E-state index in [1.54, 1.807) is 30.3 Å². The summed E-state index contributed by atoms with van der Waals surface area (Å²) in [6.07, 6.45) is 3.29. The normalized spacial score (nSPS) is 11.9. The summed E-state index contributed by atoms with van der Waals surface area (Å²) < 4.78 is 0. The summed E-state index contributed by atoms with van der Waals surface area (Å²) in [5.41, 5.74) is 0.581. The number of amides is 1. The summed E-state index contributed by atoms with van der Waals surface area (Å²) in [6.45, 7) is 1.98.